The molecule has 0 saturated heterocycles. The summed E-state index contributed by atoms with van der Waals surface area (Å²) in [5.74, 6) is 1.34. The second-order valence-electron chi connectivity index (χ2n) is 5.11. The largest absolute Gasteiger partial charge is 0.492 e. The van der Waals surface area contributed by atoms with Crippen LogP contribution in [-0.2, 0) is 0 Å². The molecule has 0 unspecified atom stereocenters. The van der Waals surface area contributed by atoms with Crippen LogP contribution in [-0.4, -0.2) is 25.7 Å². The summed E-state index contributed by atoms with van der Waals surface area (Å²) in [6.45, 7) is 8.10. The fourth-order valence-corrected chi connectivity index (χ4v) is 1.74. The second kappa shape index (κ2) is 9.23. The number of amides is 2. The SMILES string of the molecule is CCCCNC(=O)NCCOc1cccc(C(C)C)c1. The highest BCUT2D eigenvalue weighted by molar-refractivity contribution is 5.73. The van der Waals surface area contributed by atoms with E-state index < -0.39 is 0 Å². The van der Waals surface area contributed by atoms with E-state index in [1.165, 1.54) is 5.56 Å². The van der Waals surface area contributed by atoms with E-state index in [4.69, 9.17) is 4.74 Å². The molecule has 0 aliphatic carbocycles. The van der Waals surface area contributed by atoms with Crippen LogP contribution in [0.2, 0.25) is 0 Å². The molecule has 0 aromatic heterocycles. The van der Waals surface area contributed by atoms with Gasteiger partial charge in [-0.25, -0.2) is 4.79 Å². The number of hydrogen-bond donors (Lipinski definition) is 2. The van der Waals surface area contributed by atoms with Gasteiger partial charge in [-0.15, -0.1) is 0 Å². The molecule has 1 rings (SSSR count). The van der Waals surface area contributed by atoms with Gasteiger partial charge in [-0.05, 0) is 30.0 Å². The Balaban J connectivity index is 2.21. The Hall–Kier alpha value is -1.71. The first-order chi connectivity index (χ1) is 9.63. The monoisotopic (exact) mass is 278 g/mol. The fourth-order valence-electron chi connectivity index (χ4n) is 1.74. The van der Waals surface area contributed by atoms with E-state index in [9.17, 15) is 4.79 Å². The molecule has 112 valence electrons. The van der Waals surface area contributed by atoms with E-state index in [1.807, 2.05) is 18.2 Å². The number of nitrogens with one attached hydrogen (secondary N) is 2. The molecule has 4 heteroatoms. The topological polar surface area (TPSA) is 50.4 Å². The van der Waals surface area contributed by atoms with Crippen molar-refractivity contribution in [2.24, 2.45) is 0 Å². The van der Waals surface area contributed by atoms with Crippen LogP contribution in [0.3, 0.4) is 0 Å². The summed E-state index contributed by atoms with van der Waals surface area (Å²) in [7, 11) is 0. The Morgan fingerprint density at radius 1 is 1.25 bits per heavy atom. The van der Waals surface area contributed by atoms with Gasteiger partial charge in [-0.2, -0.15) is 0 Å². The maximum absolute atomic E-state index is 11.4. The van der Waals surface area contributed by atoms with Crippen molar-refractivity contribution in [2.75, 3.05) is 19.7 Å². The smallest absolute Gasteiger partial charge is 0.314 e. The molecule has 0 saturated carbocycles. The molecule has 0 atom stereocenters. The van der Waals surface area contributed by atoms with Gasteiger partial charge >= 0.3 is 6.03 Å². The van der Waals surface area contributed by atoms with Crippen LogP contribution in [0, 0.1) is 0 Å². The minimum absolute atomic E-state index is 0.127. The second-order valence-corrected chi connectivity index (χ2v) is 5.11. The number of benzene rings is 1. The maximum Gasteiger partial charge on any atom is 0.314 e. The van der Waals surface area contributed by atoms with Gasteiger partial charge in [-0.3, -0.25) is 0 Å². The van der Waals surface area contributed by atoms with E-state index in [1.54, 1.807) is 0 Å². The van der Waals surface area contributed by atoms with E-state index in [2.05, 4.69) is 37.5 Å². The lowest BCUT2D eigenvalue weighted by molar-refractivity contribution is 0.236. The predicted octanol–water partition coefficient (Wildman–Crippen LogP) is 3.29. The van der Waals surface area contributed by atoms with Gasteiger partial charge in [0.1, 0.15) is 12.4 Å². The van der Waals surface area contributed by atoms with Crippen molar-refractivity contribution in [2.45, 2.75) is 39.5 Å². The van der Waals surface area contributed by atoms with Crippen LogP contribution >= 0.6 is 0 Å². The van der Waals surface area contributed by atoms with Crippen LogP contribution in [0.15, 0.2) is 24.3 Å². The summed E-state index contributed by atoms with van der Waals surface area (Å²) in [5.41, 5.74) is 1.26. The molecule has 1 aromatic carbocycles. The molecule has 0 radical (unpaired) electrons. The molecule has 0 fully saturated rings. The third kappa shape index (κ3) is 6.45. The van der Waals surface area contributed by atoms with Gasteiger partial charge in [0.25, 0.3) is 0 Å². The number of unbranched alkanes of at least 4 members (excludes halogenated alkanes) is 1. The number of hydrogen-bond acceptors (Lipinski definition) is 2. The Labute approximate surface area is 121 Å². The zero-order valence-corrected chi connectivity index (χ0v) is 12.7. The summed E-state index contributed by atoms with van der Waals surface area (Å²) < 4.78 is 5.63. The van der Waals surface area contributed by atoms with Gasteiger partial charge in [-0.1, -0.05) is 39.3 Å². The minimum Gasteiger partial charge on any atom is -0.492 e. The van der Waals surface area contributed by atoms with Crippen LogP contribution in [0.4, 0.5) is 4.79 Å². The molecule has 1 aromatic rings. The van der Waals surface area contributed by atoms with Crippen molar-refractivity contribution in [1.82, 2.24) is 10.6 Å². The molecule has 4 nitrogen and oxygen atoms in total. The quantitative estimate of drug-likeness (QED) is 0.717. The van der Waals surface area contributed by atoms with Crippen LogP contribution in [0.5, 0.6) is 5.75 Å². The Bertz CT molecular complexity index is 405. The van der Waals surface area contributed by atoms with Gasteiger partial charge < -0.3 is 15.4 Å². The molecular formula is C16H26N2O2. The number of rotatable bonds is 8. The normalized spacial score (nSPS) is 10.4. The zero-order valence-electron chi connectivity index (χ0n) is 12.7. The summed E-state index contributed by atoms with van der Waals surface area (Å²) in [5, 5.41) is 5.57. The Kier molecular flexibility index (Phi) is 7.55. The van der Waals surface area contributed by atoms with Crippen molar-refractivity contribution in [1.29, 1.82) is 0 Å². The van der Waals surface area contributed by atoms with Gasteiger partial charge in [0, 0.05) is 6.54 Å². The van der Waals surface area contributed by atoms with E-state index >= 15 is 0 Å². The summed E-state index contributed by atoms with van der Waals surface area (Å²) >= 11 is 0. The Morgan fingerprint density at radius 3 is 2.70 bits per heavy atom. The number of ether oxygens (including phenoxy) is 1. The molecule has 20 heavy (non-hydrogen) atoms. The minimum atomic E-state index is -0.127. The third-order valence-corrected chi connectivity index (χ3v) is 3.00. The zero-order chi connectivity index (χ0) is 14.8. The summed E-state index contributed by atoms with van der Waals surface area (Å²) in [4.78, 5) is 11.4. The molecule has 0 spiro atoms. The van der Waals surface area contributed by atoms with Gasteiger partial charge in [0.2, 0.25) is 0 Å². The first-order valence-electron chi connectivity index (χ1n) is 7.38. The van der Waals surface area contributed by atoms with Crippen molar-refractivity contribution < 1.29 is 9.53 Å². The lowest BCUT2D eigenvalue weighted by atomic mass is 10.0. The molecular weight excluding hydrogens is 252 g/mol. The average Bonchev–Trinajstić information content (AvgIpc) is 2.44. The standard InChI is InChI=1S/C16H26N2O2/c1-4-5-9-17-16(19)18-10-11-20-15-8-6-7-14(12-15)13(2)3/h6-8,12-13H,4-5,9-11H2,1-3H3,(H2,17,18,19). The molecule has 2 N–H and O–H groups in total. The van der Waals surface area contributed by atoms with E-state index in [0.29, 0.717) is 19.1 Å². The summed E-state index contributed by atoms with van der Waals surface area (Å²) in [6, 6.07) is 7.95. The van der Waals surface area contributed by atoms with Crippen molar-refractivity contribution >= 4 is 6.03 Å². The predicted molar refractivity (Wildman–Crippen MR) is 82.3 cm³/mol. The number of urea groups is 1. The molecule has 0 bridgehead atoms. The average molecular weight is 278 g/mol. The van der Waals surface area contributed by atoms with Gasteiger partial charge in [0.15, 0.2) is 0 Å². The lowest BCUT2D eigenvalue weighted by Gasteiger charge is -2.11. The fraction of sp³-hybridized carbons (Fsp3) is 0.562. The molecule has 0 heterocycles. The highest BCUT2D eigenvalue weighted by atomic mass is 16.5. The molecule has 2 amide bonds. The van der Waals surface area contributed by atoms with E-state index in [-0.39, 0.29) is 6.03 Å². The van der Waals surface area contributed by atoms with Crippen LogP contribution in [0.1, 0.15) is 45.1 Å². The number of carbonyl (C=O) groups is 1. The highest BCUT2D eigenvalue weighted by Crippen LogP contribution is 2.19. The maximum atomic E-state index is 11.4. The molecule has 0 aliphatic rings. The van der Waals surface area contributed by atoms with Crippen molar-refractivity contribution in [3.63, 3.8) is 0 Å². The first-order valence-corrected chi connectivity index (χ1v) is 7.38. The Morgan fingerprint density at radius 2 is 2.00 bits per heavy atom. The third-order valence-electron chi connectivity index (χ3n) is 3.00. The van der Waals surface area contributed by atoms with Crippen molar-refractivity contribution in [3.05, 3.63) is 29.8 Å². The van der Waals surface area contributed by atoms with Crippen LogP contribution < -0.4 is 15.4 Å². The molecule has 0 aliphatic heterocycles. The van der Waals surface area contributed by atoms with Crippen molar-refractivity contribution in [3.8, 4) is 5.75 Å². The lowest BCUT2D eigenvalue weighted by Crippen LogP contribution is -2.38. The highest BCUT2D eigenvalue weighted by Gasteiger charge is 2.02. The van der Waals surface area contributed by atoms with E-state index in [0.717, 1.165) is 25.1 Å². The van der Waals surface area contributed by atoms with Gasteiger partial charge in [0.05, 0.1) is 6.54 Å². The van der Waals surface area contributed by atoms with Crippen LogP contribution in [0.25, 0.3) is 0 Å². The summed E-state index contributed by atoms with van der Waals surface area (Å²) in [6.07, 6.45) is 2.08. The first kappa shape index (κ1) is 16.3. The number of carbonyl (C=O) groups excluding carboxylic acids is 1.